The van der Waals surface area contributed by atoms with E-state index in [9.17, 15) is 19.5 Å². The minimum absolute atomic E-state index is 0.0969. The van der Waals surface area contributed by atoms with E-state index in [2.05, 4.69) is 4.98 Å². The van der Waals surface area contributed by atoms with E-state index < -0.39 is 30.4 Å². The number of nitrogens with zero attached hydrogens (tertiary/aromatic N) is 3. The Labute approximate surface area is 239 Å². The Kier molecular flexibility index (Phi) is 7.94. The van der Waals surface area contributed by atoms with Crippen LogP contribution in [-0.2, 0) is 25.5 Å². The van der Waals surface area contributed by atoms with Crippen molar-refractivity contribution in [2.45, 2.75) is 64.0 Å². The molecule has 1 unspecified atom stereocenters. The first kappa shape index (κ1) is 28.2. The molecule has 12 heteroatoms. The van der Waals surface area contributed by atoms with E-state index in [0.29, 0.717) is 11.3 Å². The summed E-state index contributed by atoms with van der Waals surface area (Å²) in [5, 5.41) is 11.1. The number of amides is 1. The van der Waals surface area contributed by atoms with Gasteiger partial charge in [0.25, 0.3) is 0 Å². The first-order valence-corrected chi connectivity index (χ1v) is 15.1. The fourth-order valence-electron chi connectivity index (χ4n) is 5.48. The van der Waals surface area contributed by atoms with Gasteiger partial charge in [0.05, 0.1) is 22.9 Å². The Bertz CT molecular complexity index is 1490. The molecule has 4 heterocycles. The number of aryl methyl sites for hydroxylation is 1. The second-order valence-electron chi connectivity index (χ2n) is 9.88. The topological polar surface area (TPSA) is 120 Å². The van der Waals surface area contributed by atoms with Gasteiger partial charge in [-0.25, -0.2) is 14.6 Å². The second-order valence-corrected chi connectivity index (χ2v) is 11.7. The molecule has 2 aliphatic heterocycles. The highest BCUT2D eigenvalue weighted by molar-refractivity contribution is 7.98. The molecule has 1 amide bonds. The maximum atomic E-state index is 13.6. The van der Waals surface area contributed by atoms with Crippen molar-refractivity contribution in [1.82, 2.24) is 14.3 Å². The van der Waals surface area contributed by atoms with Crippen LogP contribution in [0.4, 0.5) is 4.79 Å². The highest BCUT2D eigenvalue weighted by atomic mass is 32.2. The summed E-state index contributed by atoms with van der Waals surface area (Å²) in [4.78, 5) is 46.7. The average Bonchev–Trinajstić information content (AvgIpc) is 3.54. The third-order valence-corrected chi connectivity index (χ3v) is 9.18. The zero-order valence-electron chi connectivity index (χ0n) is 22.8. The summed E-state index contributed by atoms with van der Waals surface area (Å²) in [7, 11) is 0. The summed E-state index contributed by atoms with van der Waals surface area (Å²) in [6.45, 7) is 6.95. The van der Waals surface area contributed by atoms with E-state index >= 15 is 0 Å². The monoisotopic (exact) mass is 585 g/mol. The summed E-state index contributed by atoms with van der Waals surface area (Å²) in [6.07, 6.45) is 3.98. The molecule has 1 aromatic carbocycles. The third kappa shape index (κ3) is 4.88. The van der Waals surface area contributed by atoms with Crippen LogP contribution in [0, 0.1) is 11.8 Å². The van der Waals surface area contributed by atoms with E-state index in [4.69, 9.17) is 14.2 Å². The first-order valence-electron chi connectivity index (χ1n) is 13.1. The van der Waals surface area contributed by atoms with Gasteiger partial charge in [-0.05, 0) is 31.2 Å². The fraction of sp³-hybridized carbons (Fsp3) is 0.429. The molecule has 5 rings (SSSR count). The van der Waals surface area contributed by atoms with Crippen molar-refractivity contribution in [1.29, 1.82) is 0 Å². The number of rotatable bonds is 9. The van der Waals surface area contributed by atoms with Crippen LogP contribution in [0.5, 0.6) is 5.75 Å². The van der Waals surface area contributed by atoms with Crippen LogP contribution in [0.25, 0.3) is 10.4 Å². The smallest absolute Gasteiger partial charge is 0.421 e. The molecule has 0 spiro atoms. The van der Waals surface area contributed by atoms with Gasteiger partial charge in [0, 0.05) is 24.6 Å². The van der Waals surface area contributed by atoms with Crippen LogP contribution in [0.15, 0.2) is 47.5 Å². The van der Waals surface area contributed by atoms with Gasteiger partial charge in [-0.2, -0.15) is 0 Å². The molecule has 0 aliphatic carbocycles. The van der Waals surface area contributed by atoms with Crippen LogP contribution in [0.1, 0.15) is 44.6 Å². The molecule has 0 bridgehead atoms. The molecule has 1 N–H and O–H groups in total. The summed E-state index contributed by atoms with van der Waals surface area (Å²) >= 11 is 2.98. The molecule has 1 saturated heterocycles. The van der Waals surface area contributed by atoms with Crippen molar-refractivity contribution < 1.29 is 33.7 Å². The lowest BCUT2D eigenvalue weighted by Crippen LogP contribution is -2.63. The SMILES string of the molecule is CCCc1ccccc1OC(=O)OC(C)OC(=O)C1=C(c2cn3cnc(SC)c3s2)[C@H](C)[C@@H]2[C@@H]([C@@H](C)O)C(=O)N12. The molecular formula is C28H31N3O7S2. The Morgan fingerprint density at radius 3 is 2.67 bits per heavy atom. The summed E-state index contributed by atoms with van der Waals surface area (Å²) in [6, 6.07) is 6.78. The molecule has 212 valence electrons. The Morgan fingerprint density at radius 2 is 1.98 bits per heavy atom. The summed E-state index contributed by atoms with van der Waals surface area (Å²) in [5.41, 5.74) is 1.61. The Morgan fingerprint density at radius 1 is 1.23 bits per heavy atom. The summed E-state index contributed by atoms with van der Waals surface area (Å²) in [5.74, 6) is -1.63. The number of hydrogen-bond acceptors (Lipinski definition) is 10. The molecule has 5 atom stereocenters. The number of hydrogen-bond donors (Lipinski definition) is 1. The van der Waals surface area contributed by atoms with Crippen molar-refractivity contribution in [3.63, 3.8) is 0 Å². The second kappa shape index (κ2) is 11.3. The molecule has 0 saturated carbocycles. The summed E-state index contributed by atoms with van der Waals surface area (Å²) < 4.78 is 18.0. The number of esters is 1. The lowest BCUT2D eigenvalue weighted by molar-refractivity contribution is -0.172. The number of thioether (sulfide) groups is 1. The maximum absolute atomic E-state index is 13.6. The number of carbonyl (C=O) groups excluding carboxylic acids is 3. The molecule has 40 heavy (non-hydrogen) atoms. The normalized spacial score (nSPS) is 21.7. The van der Waals surface area contributed by atoms with Gasteiger partial charge in [0.1, 0.15) is 27.6 Å². The van der Waals surface area contributed by atoms with Crippen LogP contribution < -0.4 is 4.74 Å². The van der Waals surface area contributed by atoms with E-state index in [1.165, 1.54) is 34.9 Å². The number of aliphatic hydroxyl groups is 1. The predicted molar refractivity (Wildman–Crippen MR) is 150 cm³/mol. The fourth-order valence-corrected chi connectivity index (χ4v) is 7.40. The molecular weight excluding hydrogens is 554 g/mol. The zero-order chi connectivity index (χ0) is 28.7. The predicted octanol–water partition coefficient (Wildman–Crippen LogP) is 4.74. The lowest BCUT2D eigenvalue weighted by Gasteiger charge is -2.46. The third-order valence-electron chi connectivity index (χ3n) is 7.22. The largest absolute Gasteiger partial charge is 0.516 e. The number of para-hydroxylation sites is 1. The van der Waals surface area contributed by atoms with Gasteiger partial charge < -0.3 is 24.2 Å². The van der Waals surface area contributed by atoms with Gasteiger partial charge in [0.15, 0.2) is 0 Å². The molecule has 10 nitrogen and oxygen atoms in total. The highest BCUT2D eigenvalue weighted by Gasteiger charge is 2.60. The van der Waals surface area contributed by atoms with Crippen molar-refractivity contribution >= 4 is 51.5 Å². The van der Waals surface area contributed by atoms with E-state index in [0.717, 1.165) is 33.1 Å². The van der Waals surface area contributed by atoms with Gasteiger partial charge in [-0.3, -0.25) is 9.20 Å². The molecule has 2 aromatic heterocycles. The van der Waals surface area contributed by atoms with Crippen molar-refractivity contribution in [3.05, 3.63) is 52.9 Å². The number of fused-ring (bicyclic) bond motifs is 2. The number of imidazole rings is 1. The van der Waals surface area contributed by atoms with Gasteiger partial charge >= 0.3 is 12.1 Å². The number of β-lactam (4-membered cyclic amide) rings is 1. The lowest BCUT2D eigenvalue weighted by atomic mass is 9.77. The van der Waals surface area contributed by atoms with E-state index in [1.807, 2.05) is 42.8 Å². The molecule has 1 fully saturated rings. The molecule has 3 aromatic rings. The van der Waals surface area contributed by atoms with Crippen LogP contribution >= 0.6 is 23.1 Å². The highest BCUT2D eigenvalue weighted by Crippen LogP contribution is 2.52. The average molecular weight is 586 g/mol. The number of benzene rings is 1. The van der Waals surface area contributed by atoms with Gasteiger partial charge in [-0.15, -0.1) is 23.1 Å². The maximum Gasteiger partial charge on any atom is 0.516 e. The molecule has 2 aliphatic rings. The molecule has 0 radical (unpaired) electrons. The van der Waals surface area contributed by atoms with Crippen molar-refractivity contribution in [2.24, 2.45) is 11.8 Å². The van der Waals surface area contributed by atoms with E-state index in [-0.39, 0.29) is 23.6 Å². The van der Waals surface area contributed by atoms with Gasteiger partial charge in [-0.1, -0.05) is 38.5 Å². The van der Waals surface area contributed by atoms with E-state index in [1.54, 1.807) is 25.4 Å². The van der Waals surface area contributed by atoms with Crippen LogP contribution in [-0.4, -0.2) is 62.1 Å². The number of aliphatic hydroxyl groups excluding tert-OH is 1. The standard InChI is InChI=1S/C28H31N3O7S2/c1-6-9-17-10-7-8-11-18(17)38-28(35)37-16(4)36-27(34)23-20(14(2)22-21(15(3)32)25(33)31(22)23)19-12-30-13-29-24(39-5)26(30)40-19/h7-8,10-16,21-22,32H,6,9H2,1-5H3/t14-,15+,16?,21+,22+/m0/s1. The number of thiazole rings is 1. The van der Waals surface area contributed by atoms with Crippen molar-refractivity contribution in [3.8, 4) is 5.75 Å². The van der Waals surface area contributed by atoms with Crippen molar-refractivity contribution in [2.75, 3.05) is 6.26 Å². The number of aromatic nitrogens is 2. The van der Waals surface area contributed by atoms with Gasteiger partial charge in [0.2, 0.25) is 12.2 Å². The number of ether oxygens (including phenoxy) is 3. The Balaban J connectivity index is 1.39. The Hall–Kier alpha value is -3.35. The minimum Gasteiger partial charge on any atom is -0.421 e. The van der Waals surface area contributed by atoms with Crippen LogP contribution in [0.2, 0.25) is 0 Å². The number of carbonyl (C=O) groups is 3. The first-order chi connectivity index (χ1) is 19.2. The van der Waals surface area contributed by atoms with Crippen LogP contribution in [0.3, 0.4) is 0 Å². The minimum atomic E-state index is -1.28. The zero-order valence-corrected chi connectivity index (χ0v) is 24.5. The quantitative estimate of drug-likeness (QED) is 0.125.